The van der Waals surface area contributed by atoms with Gasteiger partial charge >= 0.3 is 0 Å². The standard InChI is InChI=1S/C17H21N3O/c21-15-4-3-12-5-7-18-17(16(12)11-15)19-13-6-9-20-8-1-2-14(20)10-13/h3-5,7,11,13-14,21H,1-2,6,8-10H2,(H,18,19). The third kappa shape index (κ3) is 2.44. The van der Waals surface area contributed by atoms with Crippen LogP contribution < -0.4 is 5.32 Å². The van der Waals surface area contributed by atoms with Gasteiger partial charge in [0.1, 0.15) is 11.6 Å². The highest BCUT2D eigenvalue weighted by Gasteiger charge is 2.31. The number of hydrogen-bond acceptors (Lipinski definition) is 4. The Morgan fingerprint density at radius 1 is 1.19 bits per heavy atom. The van der Waals surface area contributed by atoms with E-state index in [1.54, 1.807) is 12.1 Å². The van der Waals surface area contributed by atoms with Gasteiger partial charge in [0.15, 0.2) is 0 Å². The molecular formula is C17H21N3O. The molecule has 4 heteroatoms. The number of phenols is 1. The molecule has 0 aliphatic carbocycles. The Labute approximate surface area is 124 Å². The molecule has 0 amide bonds. The van der Waals surface area contributed by atoms with Crippen LogP contribution in [-0.2, 0) is 0 Å². The number of piperidine rings is 1. The zero-order valence-corrected chi connectivity index (χ0v) is 12.1. The Kier molecular flexibility index (Phi) is 3.19. The Morgan fingerprint density at radius 3 is 3.10 bits per heavy atom. The molecule has 3 heterocycles. The summed E-state index contributed by atoms with van der Waals surface area (Å²) >= 11 is 0. The van der Waals surface area contributed by atoms with Crippen molar-refractivity contribution in [2.24, 2.45) is 0 Å². The van der Waals surface area contributed by atoms with Gasteiger partial charge in [0.05, 0.1) is 0 Å². The van der Waals surface area contributed by atoms with Crippen LogP contribution in [0.3, 0.4) is 0 Å². The lowest BCUT2D eigenvalue weighted by Crippen LogP contribution is -2.42. The van der Waals surface area contributed by atoms with Crippen molar-refractivity contribution in [2.75, 3.05) is 18.4 Å². The highest BCUT2D eigenvalue weighted by Crippen LogP contribution is 2.30. The Balaban J connectivity index is 1.58. The molecule has 2 N–H and O–H groups in total. The predicted octanol–water partition coefficient (Wildman–Crippen LogP) is 2.98. The number of hydrogen-bond donors (Lipinski definition) is 2. The van der Waals surface area contributed by atoms with E-state index in [0.717, 1.165) is 22.6 Å². The minimum Gasteiger partial charge on any atom is -0.508 e. The molecule has 2 saturated heterocycles. The van der Waals surface area contributed by atoms with Crippen LogP contribution in [0.15, 0.2) is 30.5 Å². The van der Waals surface area contributed by atoms with Crippen molar-refractivity contribution in [3.05, 3.63) is 30.5 Å². The fourth-order valence-corrected chi connectivity index (χ4v) is 3.82. The molecular weight excluding hydrogens is 262 g/mol. The van der Waals surface area contributed by atoms with Crippen molar-refractivity contribution in [2.45, 2.75) is 37.8 Å². The second-order valence-electron chi connectivity index (χ2n) is 6.26. The summed E-state index contributed by atoms with van der Waals surface area (Å²) in [5.74, 6) is 1.20. The average Bonchev–Trinajstić information content (AvgIpc) is 2.95. The molecule has 2 aliphatic rings. The smallest absolute Gasteiger partial charge is 0.134 e. The molecule has 0 bridgehead atoms. The van der Waals surface area contributed by atoms with E-state index in [9.17, 15) is 5.11 Å². The Bertz CT molecular complexity index is 658. The monoisotopic (exact) mass is 283 g/mol. The molecule has 2 atom stereocenters. The van der Waals surface area contributed by atoms with Gasteiger partial charge < -0.3 is 15.3 Å². The number of rotatable bonds is 2. The molecule has 1 aromatic heterocycles. The zero-order valence-electron chi connectivity index (χ0n) is 12.1. The SMILES string of the molecule is Oc1ccc2ccnc(NC3CCN4CCCC4C3)c2c1. The summed E-state index contributed by atoms with van der Waals surface area (Å²) in [5.41, 5.74) is 0. The predicted molar refractivity (Wildman–Crippen MR) is 84.6 cm³/mol. The normalized spacial score (nSPS) is 25.9. The average molecular weight is 283 g/mol. The van der Waals surface area contributed by atoms with Gasteiger partial charge in [-0.1, -0.05) is 6.07 Å². The van der Waals surface area contributed by atoms with Crippen molar-refractivity contribution in [1.82, 2.24) is 9.88 Å². The zero-order chi connectivity index (χ0) is 14.2. The van der Waals surface area contributed by atoms with E-state index >= 15 is 0 Å². The fraction of sp³-hybridized carbons (Fsp3) is 0.471. The minimum absolute atomic E-state index is 0.296. The summed E-state index contributed by atoms with van der Waals surface area (Å²) < 4.78 is 0. The first-order valence-electron chi connectivity index (χ1n) is 7.88. The highest BCUT2D eigenvalue weighted by atomic mass is 16.3. The van der Waals surface area contributed by atoms with E-state index in [4.69, 9.17) is 0 Å². The summed E-state index contributed by atoms with van der Waals surface area (Å²) in [7, 11) is 0. The van der Waals surface area contributed by atoms with E-state index in [-0.39, 0.29) is 0 Å². The number of pyridine rings is 1. The van der Waals surface area contributed by atoms with Crippen molar-refractivity contribution >= 4 is 16.6 Å². The summed E-state index contributed by atoms with van der Waals surface area (Å²) in [6.07, 6.45) is 6.90. The highest BCUT2D eigenvalue weighted by molar-refractivity contribution is 5.92. The van der Waals surface area contributed by atoms with E-state index < -0.39 is 0 Å². The quantitative estimate of drug-likeness (QED) is 0.889. The van der Waals surface area contributed by atoms with Crippen LogP contribution in [0.2, 0.25) is 0 Å². The van der Waals surface area contributed by atoms with Gasteiger partial charge in [-0.25, -0.2) is 4.98 Å². The van der Waals surface area contributed by atoms with Crippen LogP contribution in [-0.4, -0.2) is 40.2 Å². The second-order valence-corrected chi connectivity index (χ2v) is 6.26. The molecule has 21 heavy (non-hydrogen) atoms. The van der Waals surface area contributed by atoms with Crippen molar-refractivity contribution in [3.63, 3.8) is 0 Å². The maximum Gasteiger partial charge on any atom is 0.134 e. The van der Waals surface area contributed by atoms with Gasteiger partial charge in [-0.3, -0.25) is 0 Å². The molecule has 2 unspecified atom stereocenters. The Hall–Kier alpha value is -1.81. The topological polar surface area (TPSA) is 48.4 Å². The van der Waals surface area contributed by atoms with Gasteiger partial charge in [-0.2, -0.15) is 0 Å². The van der Waals surface area contributed by atoms with Crippen molar-refractivity contribution in [3.8, 4) is 5.75 Å². The maximum absolute atomic E-state index is 9.72. The third-order valence-corrected chi connectivity index (χ3v) is 4.91. The number of anilines is 1. The lowest BCUT2D eigenvalue weighted by atomic mass is 9.97. The Morgan fingerprint density at radius 2 is 2.14 bits per heavy atom. The molecule has 110 valence electrons. The van der Waals surface area contributed by atoms with E-state index in [2.05, 4.69) is 15.2 Å². The van der Waals surface area contributed by atoms with E-state index in [1.165, 1.54) is 38.8 Å². The fourth-order valence-electron chi connectivity index (χ4n) is 3.82. The number of benzene rings is 1. The van der Waals surface area contributed by atoms with Gasteiger partial charge in [0, 0.05) is 30.2 Å². The number of fused-ring (bicyclic) bond motifs is 2. The first-order valence-corrected chi connectivity index (χ1v) is 7.88. The second kappa shape index (κ2) is 5.19. The van der Waals surface area contributed by atoms with Crippen LogP contribution in [0.5, 0.6) is 5.75 Å². The molecule has 2 aromatic rings. The number of phenolic OH excluding ortho intramolecular Hbond substituents is 1. The molecule has 2 aliphatic heterocycles. The number of nitrogens with zero attached hydrogens (tertiary/aromatic N) is 2. The van der Waals surface area contributed by atoms with Crippen LogP contribution >= 0.6 is 0 Å². The summed E-state index contributed by atoms with van der Waals surface area (Å²) in [4.78, 5) is 7.12. The van der Waals surface area contributed by atoms with Gasteiger partial charge in [0.25, 0.3) is 0 Å². The van der Waals surface area contributed by atoms with Gasteiger partial charge in [-0.15, -0.1) is 0 Å². The number of aromatic nitrogens is 1. The molecule has 1 aromatic carbocycles. The number of aromatic hydroxyl groups is 1. The molecule has 4 rings (SSSR count). The van der Waals surface area contributed by atoms with Crippen LogP contribution in [0.1, 0.15) is 25.7 Å². The largest absolute Gasteiger partial charge is 0.508 e. The van der Waals surface area contributed by atoms with E-state index in [0.29, 0.717) is 11.8 Å². The molecule has 2 fully saturated rings. The number of nitrogens with one attached hydrogen (secondary N) is 1. The maximum atomic E-state index is 9.72. The van der Waals surface area contributed by atoms with Gasteiger partial charge in [-0.05, 0) is 55.8 Å². The van der Waals surface area contributed by atoms with Gasteiger partial charge in [0.2, 0.25) is 0 Å². The van der Waals surface area contributed by atoms with Crippen LogP contribution in [0, 0.1) is 0 Å². The lowest BCUT2D eigenvalue weighted by molar-refractivity contribution is 0.188. The summed E-state index contributed by atoms with van der Waals surface area (Å²) in [6, 6.07) is 8.69. The first kappa shape index (κ1) is 12.9. The lowest BCUT2D eigenvalue weighted by Gasteiger charge is -2.35. The summed E-state index contributed by atoms with van der Waals surface area (Å²) in [6.45, 7) is 2.47. The first-order chi connectivity index (χ1) is 10.3. The van der Waals surface area contributed by atoms with Crippen LogP contribution in [0.25, 0.3) is 10.8 Å². The third-order valence-electron chi connectivity index (χ3n) is 4.91. The summed E-state index contributed by atoms with van der Waals surface area (Å²) in [5, 5.41) is 15.5. The van der Waals surface area contributed by atoms with Crippen molar-refractivity contribution < 1.29 is 5.11 Å². The minimum atomic E-state index is 0.296. The molecule has 0 radical (unpaired) electrons. The van der Waals surface area contributed by atoms with E-state index in [1.807, 2.05) is 18.3 Å². The molecule has 0 saturated carbocycles. The van der Waals surface area contributed by atoms with Crippen molar-refractivity contribution in [1.29, 1.82) is 0 Å². The van der Waals surface area contributed by atoms with Crippen LogP contribution in [0.4, 0.5) is 5.82 Å². The molecule has 0 spiro atoms. The molecule has 4 nitrogen and oxygen atoms in total.